The van der Waals surface area contributed by atoms with E-state index in [0.717, 1.165) is 48.8 Å². The van der Waals surface area contributed by atoms with E-state index in [0.29, 0.717) is 5.56 Å². The number of halogens is 1. The van der Waals surface area contributed by atoms with Crippen LogP contribution in [0.2, 0.25) is 0 Å². The molecule has 0 bridgehead atoms. The highest BCUT2D eigenvalue weighted by Gasteiger charge is 2.07. The Morgan fingerprint density at radius 2 is 1.11 bits per heavy atom. The van der Waals surface area contributed by atoms with E-state index in [1.165, 1.54) is 40.7 Å². The highest BCUT2D eigenvalue weighted by molar-refractivity contribution is 5.65. The summed E-state index contributed by atoms with van der Waals surface area (Å²) in [5.41, 5.74) is 9.70. The molecule has 0 heterocycles. The summed E-state index contributed by atoms with van der Waals surface area (Å²) >= 11 is 0. The number of hydrogen-bond acceptors (Lipinski definition) is 0. The topological polar surface area (TPSA) is 0 Å². The molecule has 0 saturated heterocycles. The summed E-state index contributed by atoms with van der Waals surface area (Å²) in [5, 5.41) is 0. The molecule has 4 rings (SSSR count). The van der Waals surface area contributed by atoms with Crippen molar-refractivity contribution >= 4 is 0 Å². The Morgan fingerprint density at radius 3 is 1.70 bits per heavy atom. The van der Waals surface area contributed by atoms with Crippen molar-refractivity contribution < 1.29 is 4.39 Å². The normalized spacial score (nSPS) is 10.7. The van der Waals surface area contributed by atoms with Gasteiger partial charge in [0.05, 0.1) is 5.56 Å². The van der Waals surface area contributed by atoms with Gasteiger partial charge in [0.1, 0.15) is 5.82 Å². The van der Waals surface area contributed by atoms with E-state index in [1.807, 2.05) is 19.1 Å². The number of rotatable bonds is 9. The van der Waals surface area contributed by atoms with E-state index in [9.17, 15) is 4.39 Å². The number of benzene rings is 4. The molecule has 0 aromatic heterocycles. The second kappa shape index (κ2) is 13.1. The van der Waals surface area contributed by atoms with Crippen LogP contribution in [0.5, 0.6) is 0 Å². The van der Waals surface area contributed by atoms with Crippen LogP contribution in [-0.4, -0.2) is 0 Å². The maximum absolute atomic E-state index is 15.0. The molecule has 4 aromatic carbocycles. The third-order valence-electron chi connectivity index (χ3n) is 6.93. The molecular formula is C36H37F. The van der Waals surface area contributed by atoms with Crippen LogP contribution in [0.15, 0.2) is 84.9 Å². The van der Waals surface area contributed by atoms with Crippen molar-refractivity contribution in [3.8, 4) is 23.0 Å². The summed E-state index contributed by atoms with van der Waals surface area (Å²) in [6.45, 7) is 6.37. The quantitative estimate of drug-likeness (QED) is 0.206. The fraction of sp³-hybridized carbons (Fsp3) is 0.278. The SMILES string of the molecule is CCCCc1ccc(-c2ccc(C#Cc3c(C)cc(CCc4ccc(CCC)cc4)cc3F)cc2)cc1. The van der Waals surface area contributed by atoms with Gasteiger partial charge in [0.15, 0.2) is 0 Å². The lowest BCUT2D eigenvalue weighted by Gasteiger charge is -2.08. The first-order chi connectivity index (χ1) is 18.1. The maximum Gasteiger partial charge on any atom is 0.139 e. The first-order valence-corrected chi connectivity index (χ1v) is 13.6. The molecule has 4 aromatic rings. The Kier molecular flexibility index (Phi) is 9.34. The van der Waals surface area contributed by atoms with Crippen LogP contribution in [0.4, 0.5) is 4.39 Å². The van der Waals surface area contributed by atoms with Crippen molar-refractivity contribution in [2.24, 2.45) is 0 Å². The molecule has 1 heteroatoms. The summed E-state index contributed by atoms with van der Waals surface area (Å²) < 4.78 is 15.0. The number of aryl methyl sites for hydroxylation is 5. The van der Waals surface area contributed by atoms with Crippen LogP contribution in [0, 0.1) is 24.6 Å². The predicted octanol–water partition coefficient (Wildman–Crippen LogP) is 9.28. The molecule has 0 N–H and O–H groups in total. The van der Waals surface area contributed by atoms with Gasteiger partial charge in [-0.3, -0.25) is 0 Å². The predicted molar refractivity (Wildman–Crippen MR) is 155 cm³/mol. The van der Waals surface area contributed by atoms with Gasteiger partial charge in [0.2, 0.25) is 0 Å². The Bertz CT molecular complexity index is 1320. The first-order valence-electron chi connectivity index (χ1n) is 13.6. The smallest absolute Gasteiger partial charge is 0.139 e. The first kappa shape index (κ1) is 26.4. The van der Waals surface area contributed by atoms with Crippen LogP contribution in [0.3, 0.4) is 0 Å². The molecule has 188 valence electrons. The monoisotopic (exact) mass is 488 g/mol. The van der Waals surface area contributed by atoms with E-state index < -0.39 is 0 Å². The van der Waals surface area contributed by atoms with E-state index in [2.05, 4.69) is 92.4 Å². The van der Waals surface area contributed by atoms with E-state index in [4.69, 9.17) is 0 Å². The fourth-order valence-corrected chi connectivity index (χ4v) is 4.69. The van der Waals surface area contributed by atoms with Crippen LogP contribution in [-0.2, 0) is 25.7 Å². The molecule has 0 radical (unpaired) electrons. The zero-order valence-electron chi connectivity index (χ0n) is 22.4. The summed E-state index contributed by atoms with van der Waals surface area (Å²) in [6, 6.07) is 29.6. The number of hydrogen-bond donors (Lipinski definition) is 0. The van der Waals surface area contributed by atoms with E-state index in [1.54, 1.807) is 6.07 Å². The molecular weight excluding hydrogens is 451 g/mol. The summed E-state index contributed by atoms with van der Waals surface area (Å²) in [7, 11) is 0. The molecule has 0 spiro atoms. The minimum Gasteiger partial charge on any atom is -0.206 e. The molecule has 0 saturated carbocycles. The van der Waals surface area contributed by atoms with Crippen molar-refractivity contribution in [3.05, 3.63) is 130 Å². The van der Waals surface area contributed by atoms with Crippen LogP contribution >= 0.6 is 0 Å². The third kappa shape index (κ3) is 7.43. The van der Waals surface area contributed by atoms with Gasteiger partial charge < -0.3 is 0 Å². The van der Waals surface area contributed by atoms with Gasteiger partial charge in [0, 0.05) is 5.56 Å². The van der Waals surface area contributed by atoms with Gasteiger partial charge in [-0.25, -0.2) is 4.39 Å². The van der Waals surface area contributed by atoms with Gasteiger partial charge in [0.25, 0.3) is 0 Å². The number of unbranched alkanes of at least 4 members (excludes halogenated alkanes) is 1. The van der Waals surface area contributed by atoms with E-state index in [-0.39, 0.29) is 5.82 Å². The molecule has 0 atom stereocenters. The molecule has 0 aliphatic rings. The zero-order valence-corrected chi connectivity index (χ0v) is 22.4. The Balaban J connectivity index is 1.40. The second-order valence-electron chi connectivity index (χ2n) is 9.96. The Morgan fingerprint density at radius 1 is 0.568 bits per heavy atom. The van der Waals surface area contributed by atoms with Crippen molar-refractivity contribution in [2.75, 3.05) is 0 Å². The van der Waals surface area contributed by atoms with Crippen molar-refractivity contribution in [1.82, 2.24) is 0 Å². The molecule has 0 unspecified atom stereocenters. The van der Waals surface area contributed by atoms with Gasteiger partial charge >= 0.3 is 0 Å². The average Bonchev–Trinajstić information content (AvgIpc) is 2.92. The standard InChI is InChI=1S/C36H37F/c1-4-6-8-29-15-20-33(21-16-29)34-22-17-31(18-23-34)19-24-35-27(3)25-32(26-36(35)37)14-13-30-11-9-28(7-5-2)10-12-30/h9-12,15-18,20-23,25-26H,4-8,13-14H2,1-3H3. The fourth-order valence-electron chi connectivity index (χ4n) is 4.69. The van der Waals surface area contributed by atoms with Crippen molar-refractivity contribution in [2.45, 2.75) is 65.7 Å². The van der Waals surface area contributed by atoms with Crippen molar-refractivity contribution in [3.63, 3.8) is 0 Å². The van der Waals surface area contributed by atoms with Gasteiger partial charge in [-0.15, -0.1) is 0 Å². The summed E-state index contributed by atoms with van der Waals surface area (Å²) in [6.07, 6.45) is 7.57. The minimum absolute atomic E-state index is 0.236. The van der Waals surface area contributed by atoms with Gasteiger partial charge in [-0.1, -0.05) is 105 Å². The van der Waals surface area contributed by atoms with Crippen LogP contribution in [0.25, 0.3) is 11.1 Å². The Labute approximate surface area is 222 Å². The molecule has 37 heavy (non-hydrogen) atoms. The molecule has 0 aliphatic heterocycles. The molecule has 0 aliphatic carbocycles. The van der Waals surface area contributed by atoms with E-state index >= 15 is 0 Å². The lowest BCUT2D eigenvalue weighted by Crippen LogP contribution is -1.97. The largest absolute Gasteiger partial charge is 0.206 e. The lowest BCUT2D eigenvalue weighted by atomic mass is 9.98. The van der Waals surface area contributed by atoms with Crippen molar-refractivity contribution in [1.29, 1.82) is 0 Å². The second-order valence-corrected chi connectivity index (χ2v) is 9.96. The third-order valence-corrected chi connectivity index (χ3v) is 6.93. The molecule has 0 amide bonds. The molecule has 0 nitrogen and oxygen atoms in total. The van der Waals surface area contributed by atoms with Gasteiger partial charge in [-0.2, -0.15) is 0 Å². The summed E-state index contributed by atoms with van der Waals surface area (Å²) in [5.74, 6) is 6.00. The highest BCUT2D eigenvalue weighted by Crippen LogP contribution is 2.22. The zero-order chi connectivity index (χ0) is 26.0. The lowest BCUT2D eigenvalue weighted by molar-refractivity contribution is 0.620. The van der Waals surface area contributed by atoms with Gasteiger partial charge in [-0.05, 0) is 96.2 Å². The maximum atomic E-state index is 15.0. The highest BCUT2D eigenvalue weighted by atomic mass is 19.1. The minimum atomic E-state index is -0.236. The molecule has 0 fully saturated rings. The van der Waals surface area contributed by atoms with Crippen LogP contribution in [0.1, 0.15) is 72.1 Å². The summed E-state index contributed by atoms with van der Waals surface area (Å²) in [4.78, 5) is 0. The van der Waals surface area contributed by atoms with Crippen LogP contribution < -0.4 is 0 Å². The average molecular weight is 489 g/mol. The Hall–Kier alpha value is -3.63.